The van der Waals surface area contributed by atoms with Gasteiger partial charge in [0.1, 0.15) is 0 Å². The molecular formula is C20H23N3O2S. The Kier molecular flexibility index (Phi) is 6.78. The van der Waals surface area contributed by atoms with Crippen LogP contribution >= 0.6 is 11.3 Å². The van der Waals surface area contributed by atoms with E-state index in [0.717, 1.165) is 43.8 Å². The standard InChI is InChI=1S/C20H23N3O2S/c21-10-9-16-5-7-17(8-6-16)22-20(24)15-23(13-18-3-1-11-25-18)14-19-4-2-12-26-19/h2,4-8,12,18H,1,3,9,11,13-15H2,(H,22,24)/t18-/m0/s1. The van der Waals surface area contributed by atoms with Crippen LogP contribution in [-0.2, 0) is 22.5 Å². The van der Waals surface area contributed by atoms with Crippen LogP contribution < -0.4 is 5.32 Å². The summed E-state index contributed by atoms with van der Waals surface area (Å²) in [6.07, 6.45) is 2.75. The Morgan fingerprint density at radius 1 is 1.35 bits per heavy atom. The number of nitrogens with zero attached hydrogens (tertiary/aromatic N) is 2. The van der Waals surface area contributed by atoms with Gasteiger partial charge in [0.25, 0.3) is 0 Å². The van der Waals surface area contributed by atoms with Crippen molar-refractivity contribution in [3.05, 3.63) is 52.2 Å². The molecule has 1 fully saturated rings. The third-order valence-electron chi connectivity index (χ3n) is 4.33. The molecule has 3 rings (SSSR count). The highest BCUT2D eigenvalue weighted by atomic mass is 32.1. The van der Waals surface area contributed by atoms with Gasteiger partial charge >= 0.3 is 0 Å². The van der Waals surface area contributed by atoms with E-state index in [-0.39, 0.29) is 12.0 Å². The van der Waals surface area contributed by atoms with E-state index in [9.17, 15) is 4.79 Å². The van der Waals surface area contributed by atoms with E-state index in [2.05, 4.69) is 27.7 Å². The fourth-order valence-electron chi connectivity index (χ4n) is 3.09. The fraction of sp³-hybridized carbons (Fsp3) is 0.400. The van der Waals surface area contributed by atoms with Crippen molar-refractivity contribution >= 4 is 22.9 Å². The number of carbonyl (C=O) groups is 1. The number of rotatable bonds is 8. The van der Waals surface area contributed by atoms with E-state index in [1.165, 1.54) is 4.88 Å². The van der Waals surface area contributed by atoms with Crippen LogP contribution in [0, 0.1) is 11.3 Å². The Bertz CT molecular complexity index is 731. The van der Waals surface area contributed by atoms with Crippen molar-refractivity contribution in [2.45, 2.75) is 31.9 Å². The minimum absolute atomic E-state index is 0.0346. The lowest BCUT2D eigenvalue weighted by Gasteiger charge is -2.24. The van der Waals surface area contributed by atoms with E-state index >= 15 is 0 Å². The molecule has 0 radical (unpaired) electrons. The van der Waals surface area contributed by atoms with Crippen molar-refractivity contribution < 1.29 is 9.53 Å². The van der Waals surface area contributed by atoms with E-state index < -0.39 is 0 Å². The number of amides is 1. The molecule has 0 unspecified atom stereocenters. The summed E-state index contributed by atoms with van der Waals surface area (Å²) in [7, 11) is 0. The predicted octanol–water partition coefficient (Wildman–Crippen LogP) is 3.43. The van der Waals surface area contributed by atoms with Crippen LogP contribution in [0.25, 0.3) is 0 Å². The second-order valence-corrected chi connectivity index (χ2v) is 7.50. The molecular weight excluding hydrogens is 346 g/mol. The van der Waals surface area contributed by atoms with Crippen LogP contribution in [0.15, 0.2) is 41.8 Å². The zero-order valence-electron chi connectivity index (χ0n) is 14.7. The molecule has 1 aromatic carbocycles. The first-order valence-electron chi connectivity index (χ1n) is 8.85. The Morgan fingerprint density at radius 3 is 2.85 bits per heavy atom. The number of anilines is 1. The number of hydrogen-bond donors (Lipinski definition) is 1. The molecule has 136 valence electrons. The van der Waals surface area contributed by atoms with E-state index in [4.69, 9.17) is 10.00 Å². The maximum atomic E-state index is 12.5. The smallest absolute Gasteiger partial charge is 0.238 e. The molecule has 0 spiro atoms. The van der Waals surface area contributed by atoms with Crippen molar-refractivity contribution in [3.8, 4) is 6.07 Å². The third-order valence-corrected chi connectivity index (χ3v) is 5.19. The number of nitrogens with one attached hydrogen (secondary N) is 1. The van der Waals surface area contributed by atoms with Gasteiger partial charge in [-0.1, -0.05) is 18.2 Å². The van der Waals surface area contributed by atoms with Crippen molar-refractivity contribution in [2.24, 2.45) is 0 Å². The SMILES string of the molecule is N#CCc1ccc(NC(=O)CN(Cc2cccs2)C[C@@H]2CCCO2)cc1. The summed E-state index contributed by atoms with van der Waals surface area (Å²) in [5.41, 5.74) is 1.70. The van der Waals surface area contributed by atoms with Gasteiger partial charge in [0, 0.05) is 30.3 Å². The summed E-state index contributed by atoms with van der Waals surface area (Å²) in [5.74, 6) is -0.0346. The van der Waals surface area contributed by atoms with Crippen LogP contribution in [0.3, 0.4) is 0 Å². The molecule has 1 saturated heterocycles. The number of thiophene rings is 1. The Morgan fingerprint density at radius 2 is 2.19 bits per heavy atom. The van der Waals surface area contributed by atoms with Crippen molar-refractivity contribution in [1.29, 1.82) is 5.26 Å². The molecule has 2 aromatic rings. The molecule has 6 heteroatoms. The van der Waals surface area contributed by atoms with Gasteiger partial charge in [-0.3, -0.25) is 9.69 Å². The van der Waals surface area contributed by atoms with Crippen LogP contribution in [0.5, 0.6) is 0 Å². The highest BCUT2D eigenvalue weighted by Crippen LogP contribution is 2.17. The Hall–Kier alpha value is -2.20. The van der Waals surface area contributed by atoms with Gasteiger partial charge in [-0.2, -0.15) is 5.26 Å². The van der Waals surface area contributed by atoms with Gasteiger partial charge in [-0.15, -0.1) is 11.3 Å². The lowest BCUT2D eigenvalue weighted by molar-refractivity contribution is -0.117. The molecule has 26 heavy (non-hydrogen) atoms. The van der Waals surface area contributed by atoms with Crippen molar-refractivity contribution in [2.75, 3.05) is 25.0 Å². The number of hydrogen-bond acceptors (Lipinski definition) is 5. The second kappa shape index (κ2) is 9.48. The number of nitriles is 1. The number of carbonyl (C=O) groups excluding carboxylic acids is 1. The third kappa shape index (κ3) is 5.67. The molecule has 0 aliphatic carbocycles. The lowest BCUT2D eigenvalue weighted by atomic mass is 10.1. The molecule has 2 heterocycles. The van der Waals surface area contributed by atoms with Gasteiger partial charge < -0.3 is 10.1 Å². The molecule has 1 aliphatic heterocycles. The minimum Gasteiger partial charge on any atom is -0.377 e. The average Bonchev–Trinajstić information content (AvgIpc) is 3.31. The highest BCUT2D eigenvalue weighted by Gasteiger charge is 2.21. The van der Waals surface area contributed by atoms with E-state index in [0.29, 0.717) is 13.0 Å². The van der Waals surface area contributed by atoms with Crippen molar-refractivity contribution in [1.82, 2.24) is 4.90 Å². The monoisotopic (exact) mass is 369 g/mol. The van der Waals surface area contributed by atoms with Gasteiger partial charge in [-0.25, -0.2) is 0 Å². The number of benzene rings is 1. The van der Waals surface area contributed by atoms with E-state index in [1.807, 2.05) is 30.3 Å². The molecule has 1 N–H and O–H groups in total. The first-order chi connectivity index (χ1) is 12.7. The normalized spacial score (nSPS) is 16.5. The zero-order valence-corrected chi connectivity index (χ0v) is 15.5. The number of ether oxygens (including phenoxy) is 1. The highest BCUT2D eigenvalue weighted by molar-refractivity contribution is 7.09. The average molecular weight is 369 g/mol. The minimum atomic E-state index is -0.0346. The van der Waals surface area contributed by atoms with E-state index in [1.54, 1.807) is 11.3 Å². The molecule has 0 saturated carbocycles. The molecule has 1 atom stereocenters. The molecule has 1 amide bonds. The summed E-state index contributed by atoms with van der Waals surface area (Å²) < 4.78 is 5.74. The summed E-state index contributed by atoms with van der Waals surface area (Å²) in [6.45, 7) is 2.68. The molecule has 0 bridgehead atoms. The lowest BCUT2D eigenvalue weighted by Crippen LogP contribution is -2.37. The first-order valence-corrected chi connectivity index (χ1v) is 9.73. The topological polar surface area (TPSA) is 65.4 Å². The molecule has 1 aliphatic rings. The predicted molar refractivity (Wildman–Crippen MR) is 103 cm³/mol. The Balaban J connectivity index is 1.57. The van der Waals surface area contributed by atoms with Gasteiger partial charge in [0.15, 0.2) is 0 Å². The van der Waals surface area contributed by atoms with Gasteiger partial charge in [0.05, 0.1) is 25.1 Å². The van der Waals surface area contributed by atoms with Crippen molar-refractivity contribution in [3.63, 3.8) is 0 Å². The summed E-state index contributed by atoms with van der Waals surface area (Å²) in [4.78, 5) is 15.9. The van der Waals surface area contributed by atoms with Crippen LogP contribution in [0.1, 0.15) is 23.3 Å². The maximum Gasteiger partial charge on any atom is 0.238 e. The van der Waals surface area contributed by atoms with Gasteiger partial charge in [-0.05, 0) is 42.0 Å². The summed E-state index contributed by atoms with van der Waals surface area (Å²) in [5, 5.41) is 13.7. The molecule has 5 nitrogen and oxygen atoms in total. The second-order valence-electron chi connectivity index (χ2n) is 6.46. The first kappa shape index (κ1) is 18.6. The fourth-order valence-corrected chi connectivity index (χ4v) is 3.83. The summed E-state index contributed by atoms with van der Waals surface area (Å²) >= 11 is 1.71. The zero-order chi connectivity index (χ0) is 18.2. The maximum absolute atomic E-state index is 12.5. The molecule has 1 aromatic heterocycles. The summed E-state index contributed by atoms with van der Waals surface area (Å²) in [6, 6.07) is 13.7. The van der Waals surface area contributed by atoms with Crippen LogP contribution in [0.4, 0.5) is 5.69 Å². The quantitative estimate of drug-likeness (QED) is 0.774. The largest absolute Gasteiger partial charge is 0.377 e. The van der Waals surface area contributed by atoms with Gasteiger partial charge in [0.2, 0.25) is 5.91 Å². The van der Waals surface area contributed by atoms with Crippen LogP contribution in [-0.4, -0.2) is 36.6 Å². The Labute approximate surface area is 158 Å². The van der Waals surface area contributed by atoms with Crippen LogP contribution in [0.2, 0.25) is 0 Å².